The Morgan fingerprint density at radius 2 is 1.81 bits per heavy atom. The summed E-state index contributed by atoms with van der Waals surface area (Å²) >= 11 is 0. The van der Waals surface area contributed by atoms with Crippen molar-refractivity contribution in [3.8, 4) is 0 Å². The number of halogens is 1. The topological polar surface area (TPSA) is 93.9 Å². The number of benzene rings is 1. The van der Waals surface area contributed by atoms with Crippen molar-refractivity contribution >= 4 is 23.2 Å². The predicted octanol–water partition coefficient (Wildman–Crippen LogP) is 1.14. The van der Waals surface area contributed by atoms with Crippen LogP contribution in [-0.4, -0.2) is 73.6 Å². The highest BCUT2D eigenvalue weighted by Gasteiger charge is 2.27. The van der Waals surface area contributed by atoms with E-state index in [9.17, 15) is 14.0 Å². The van der Waals surface area contributed by atoms with Crippen molar-refractivity contribution in [2.75, 3.05) is 56.0 Å². The molecular weight excluding hydrogens is 399 g/mol. The van der Waals surface area contributed by atoms with Crippen LogP contribution in [-0.2, 0) is 9.59 Å². The summed E-state index contributed by atoms with van der Waals surface area (Å²) in [6.45, 7) is 6.82. The number of nitrogens with one attached hydrogen (secondary N) is 2. The quantitative estimate of drug-likeness (QED) is 0.458. The highest BCUT2D eigenvalue weighted by Crippen LogP contribution is 2.25. The molecule has 1 atom stereocenters. The minimum Gasteiger partial charge on any atom is -0.371 e. The molecule has 0 bridgehead atoms. The van der Waals surface area contributed by atoms with Crippen molar-refractivity contribution in [1.82, 2.24) is 15.2 Å². The molecule has 0 aromatic heterocycles. The van der Waals surface area contributed by atoms with Gasteiger partial charge in [-0.1, -0.05) is 0 Å². The standard InChI is InChI=1S/C22H33FN6O2/c23-18-15-17(1-2-19(18)25-20-3-4-21(30)26-22(20)31)28-13-11-27(12-14-28)8-5-16-6-9-29(24)10-7-16/h1-2,15-16,20,25H,3-14,24H2,(H,26,30,31). The molecule has 1 aromatic rings. The van der Waals surface area contributed by atoms with Crippen LogP contribution in [0.15, 0.2) is 18.2 Å². The SMILES string of the molecule is NN1CCC(CCN2CCN(c3ccc(NC4CCC(=O)NC4=O)c(F)c3)CC2)CC1. The second-order valence-corrected chi connectivity index (χ2v) is 8.91. The van der Waals surface area contributed by atoms with Crippen LogP contribution < -0.4 is 21.4 Å². The number of carbonyl (C=O) groups excluding carboxylic acids is 2. The van der Waals surface area contributed by atoms with E-state index in [1.54, 1.807) is 6.07 Å². The second kappa shape index (κ2) is 9.93. The number of nitrogens with two attached hydrogens (primary N) is 1. The number of carbonyl (C=O) groups is 2. The second-order valence-electron chi connectivity index (χ2n) is 8.91. The molecule has 170 valence electrons. The fourth-order valence-electron chi connectivity index (χ4n) is 4.67. The summed E-state index contributed by atoms with van der Waals surface area (Å²) in [4.78, 5) is 27.9. The zero-order chi connectivity index (χ0) is 21.8. The van der Waals surface area contributed by atoms with Crippen molar-refractivity contribution in [1.29, 1.82) is 0 Å². The minimum absolute atomic E-state index is 0.263. The van der Waals surface area contributed by atoms with Gasteiger partial charge in [0, 0.05) is 51.4 Å². The number of piperazine rings is 1. The molecule has 3 saturated heterocycles. The number of hydrazine groups is 1. The number of rotatable bonds is 6. The van der Waals surface area contributed by atoms with Gasteiger partial charge in [0.25, 0.3) is 0 Å². The number of nitrogens with zero attached hydrogens (tertiary/aromatic N) is 3. The van der Waals surface area contributed by atoms with E-state index < -0.39 is 11.9 Å². The number of anilines is 2. The number of hydrogen-bond donors (Lipinski definition) is 3. The molecule has 1 aromatic carbocycles. The lowest BCUT2D eigenvalue weighted by molar-refractivity contribution is -0.133. The first-order valence-corrected chi connectivity index (χ1v) is 11.3. The largest absolute Gasteiger partial charge is 0.371 e. The van der Waals surface area contributed by atoms with Crippen LogP contribution in [0.25, 0.3) is 0 Å². The van der Waals surface area contributed by atoms with Crippen LogP contribution in [0, 0.1) is 11.7 Å². The van der Waals surface area contributed by atoms with Crippen molar-refractivity contribution in [2.24, 2.45) is 11.8 Å². The Balaban J connectivity index is 1.24. The lowest BCUT2D eigenvalue weighted by atomic mass is 9.94. The van der Waals surface area contributed by atoms with E-state index in [0.717, 1.165) is 57.4 Å². The highest BCUT2D eigenvalue weighted by molar-refractivity contribution is 6.01. The van der Waals surface area contributed by atoms with Crippen LogP contribution in [0.3, 0.4) is 0 Å². The number of piperidine rings is 2. The molecule has 3 aliphatic heterocycles. The summed E-state index contributed by atoms with van der Waals surface area (Å²) in [6.07, 6.45) is 4.24. The molecule has 3 aliphatic rings. The average Bonchev–Trinajstić information content (AvgIpc) is 2.77. The fourth-order valence-corrected chi connectivity index (χ4v) is 4.67. The zero-order valence-corrected chi connectivity index (χ0v) is 18.0. The van der Waals surface area contributed by atoms with Crippen LogP contribution in [0.2, 0.25) is 0 Å². The van der Waals surface area contributed by atoms with E-state index in [1.807, 2.05) is 11.1 Å². The Morgan fingerprint density at radius 1 is 1.06 bits per heavy atom. The van der Waals surface area contributed by atoms with Crippen LogP contribution >= 0.6 is 0 Å². The normalized spacial score (nSPS) is 24.3. The maximum Gasteiger partial charge on any atom is 0.249 e. The summed E-state index contributed by atoms with van der Waals surface area (Å²) in [5.41, 5.74) is 1.15. The lowest BCUT2D eigenvalue weighted by Gasteiger charge is -2.37. The molecule has 3 fully saturated rings. The van der Waals surface area contributed by atoms with Gasteiger partial charge in [0.1, 0.15) is 11.9 Å². The maximum absolute atomic E-state index is 14.7. The van der Waals surface area contributed by atoms with Crippen molar-refractivity contribution in [3.05, 3.63) is 24.0 Å². The first kappa shape index (κ1) is 22.0. The van der Waals surface area contributed by atoms with Crippen molar-refractivity contribution in [3.63, 3.8) is 0 Å². The molecule has 0 aliphatic carbocycles. The van der Waals surface area contributed by atoms with Gasteiger partial charge in [-0.15, -0.1) is 0 Å². The van der Waals surface area contributed by atoms with Gasteiger partial charge in [-0.2, -0.15) is 0 Å². The fraction of sp³-hybridized carbons (Fsp3) is 0.636. The van der Waals surface area contributed by atoms with Gasteiger partial charge in [-0.05, 0) is 56.3 Å². The summed E-state index contributed by atoms with van der Waals surface area (Å²) in [6, 6.07) is 4.53. The molecule has 0 spiro atoms. The van der Waals surface area contributed by atoms with Crippen LogP contribution in [0.1, 0.15) is 32.1 Å². The smallest absolute Gasteiger partial charge is 0.249 e. The first-order valence-electron chi connectivity index (χ1n) is 11.3. The average molecular weight is 433 g/mol. The van der Waals surface area contributed by atoms with E-state index in [4.69, 9.17) is 5.84 Å². The van der Waals surface area contributed by atoms with E-state index in [0.29, 0.717) is 12.1 Å². The van der Waals surface area contributed by atoms with Gasteiger partial charge < -0.3 is 10.2 Å². The third kappa shape index (κ3) is 5.72. The summed E-state index contributed by atoms with van der Waals surface area (Å²) in [5.74, 6) is 5.56. The molecule has 0 radical (unpaired) electrons. The first-order chi connectivity index (χ1) is 15.0. The van der Waals surface area contributed by atoms with E-state index in [-0.39, 0.29) is 18.1 Å². The van der Waals surface area contributed by atoms with Crippen LogP contribution in [0.5, 0.6) is 0 Å². The third-order valence-corrected chi connectivity index (χ3v) is 6.76. The Labute approximate surface area is 182 Å². The monoisotopic (exact) mass is 432 g/mol. The van der Waals surface area contributed by atoms with Gasteiger partial charge in [-0.25, -0.2) is 9.40 Å². The molecule has 0 saturated carbocycles. The van der Waals surface area contributed by atoms with Crippen molar-refractivity contribution < 1.29 is 14.0 Å². The molecule has 9 heteroatoms. The van der Waals surface area contributed by atoms with Gasteiger partial charge in [-0.3, -0.25) is 25.6 Å². The summed E-state index contributed by atoms with van der Waals surface area (Å²) in [5, 5.41) is 7.13. The Hall–Kier alpha value is -2.23. The summed E-state index contributed by atoms with van der Waals surface area (Å²) < 4.78 is 14.7. The Bertz CT molecular complexity index is 790. The molecular formula is C22H33FN6O2. The molecule has 4 rings (SSSR count). The van der Waals surface area contributed by atoms with Gasteiger partial charge in [0.15, 0.2) is 0 Å². The predicted molar refractivity (Wildman–Crippen MR) is 118 cm³/mol. The third-order valence-electron chi connectivity index (χ3n) is 6.76. The van der Waals surface area contributed by atoms with Crippen LogP contribution in [0.4, 0.5) is 15.8 Å². The summed E-state index contributed by atoms with van der Waals surface area (Å²) in [7, 11) is 0. The molecule has 8 nitrogen and oxygen atoms in total. The zero-order valence-electron chi connectivity index (χ0n) is 18.0. The van der Waals surface area contributed by atoms with E-state index in [1.165, 1.54) is 25.3 Å². The molecule has 4 N–H and O–H groups in total. The molecule has 3 heterocycles. The minimum atomic E-state index is -0.585. The van der Waals surface area contributed by atoms with E-state index in [2.05, 4.69) is 20.4 Å². The Morgan fingerprint density at radius 3 is 2.48 bits per heavy atom. The number of imide groups is 1. The van der Waals surface area contributed by atoms with Crippen molar-refractivity contribution in [2.45, 2.75) is 38.1 Å². The van der Waals surface area contributed by atoms with E-state index >= 15 is 0 Å². The number of amides is 2. The van der Waals surface area contributed by atoms with Gasteiger partial charge in [0.05, 0.1) is 5.69 Å². The van der Waals surface area contributed by atoms with Gasteiger partial charge in [0.2, 0.25) is 11.8 Å². The molecule has 31 heavy (non-hydrogen) atoms. The maximum atomic E-state index is 14.7. The van der Waals surface area contributed by atoms with Gasteiger partial charge >= 0.3 is 0 Å². The molecule has 2 amide bonds. The molecule has 1 unspecified atom stereocenters. The highest BCUT2D eigenvalue weighted by atomic mass is 19.1. The number of hydrogen-bond acceptors (Lipinski definition) is 7. The Kier molecular flexibility index (Phi) is 7.04. The lowest BCUT2D eigenvalue weighted by Crippen LogP contribution is -2.47.